The summed E-state index contributed by atoms with van der Waals surface area (Å²) in [5.41, 5.74) is 8.09. The van der Waals surface area contributed by atoms with E-state index in [2.05, 4.69) is 5.10 Å². The van der Waals surface area contributed by atoms with Gasteiger partial charge in [0.25, 0.3) is 0 Å². The quantitative estimate of drug-likeness (QED) is 0.905. The van der Waals surface area contributed by atoms with Crippen molar-refractivity contribution in [1.29, 1.82) is 0 Å². The van der Waals surface area contributed by atoms with Crippen LogP contribution < -0.4 is 5.73 Å². The molecule has 2 saturated carbocycles. The zero-order valence-corrected chi connectivity index (χ0v) is 11.5. The van der Waals surface area contributed by atoms with Crippen LogP contribution >= 0.6 is 0 Å². The minimum atomic E-state index is -2.57. The third kappa shape index (κ3) is 2.31. The van der Waals surface area contributed by atoms with E-state index >= 15 is 0 Å². The van der Waals surface area contributed by atoms with Crippen LogP contribution in [0.3, 0.4) is 0 Å². The van der Waals surface area contributed by atoms with Crippen LogP contribution in [0.2, 0.25) is 0 Å². The van der Waals surface area contributed by atoms with Gasteiger partial charge < -0.3 is 5.73 Å². The topological polar surface area (TPSA) is 60.9 Å². The van der Waals surface area contributed by atoms with Crippen LogP contribution in [0.25, 0.3) is 0 Å². The fourth-order valence-corrected chi connectivity index (χ4v) is 3.31. The van der Waals surface area contributed by atoms with Crippen molar-refractivity contribution in [2.75, 3.05) is 0 Å². The number of carbonyl (C=O) groups is 1. The van der Waals surface area contributed by atoms with Crippen LogP contribution in [0, 0.1) is 6.92 Å². The lowest BCUT2D eigenvalue weighted by Gasteiger charge is -2.29. The molecule has 110 valence electrons. The molecule has 6 heteroatoms. The highest BCUT2D eigenvalue weighted by atomic mass is 19.3. The molecule has 0 radical (unpaired) electrons. The van der Waals surface area contributed by atoms with Crippen molar-refractivity contribution >= 4 is 6.03 Å². The van der Waals surface area contributed by atoms with Crippen molar-refractivity contribution < 1.29 is 13.6 Å². The van der Waals surface area contributed by atoms with E-state index in [-0.39, 0.29) is 18.8 Å². The Kier molecular flexibility index (Phi) is 3.06. The van der Waals surface area contributed by atoms with E-state index in [0.717, 1.165) is 29.8 Å². The van der Waals surface area contributed by atoms with Crippen LogP contribution in [-0.2, 0) is 0 Å². The fraction of sp³-hybridized carbons (Fsp3) is 0.714. The number of rotatable bonds is 2. The van der Waals surface area contributed by atoms with Crippen LogP contribution in [0.4, 0.5) is 13.6 Å². The van der Waals surface area contributed by atoms with Gasteiger partial charge in [0.1, 0.15) is 0 Å². The van der Waals surface area contributed by atoms with Gasteiger partial charge in [-0.05, 0) is 38.5 Å². The molecule has 1 heterocycles. The first-order chi connectivity index (χ1) is 9.39. The van der Waals surface area contributed by atoms with Crippen molar-refractivity contribution in [3.05, 3.63) is 17.0 Å². The Morgan fingerprint density at radius 2 is 1.85 bits per heavy atom. The number of hydrogen-bond acceptors (Lipinski definition) is 2. The number of alkyl halides is 2. The summed E-state index contributed by atoms with van der Waals surface area (Å²) in [6.45, 7) is 1.87. The number of carbonyl (C=O) groups excluding carboxylic acids is 1. The van der Waals surface area contributed by atoms with Crippen molar-refractivity contribution in [2.24, 2.45) is 5.73 Å². The van der Waals surface area contributed by atoms with Crippen LogP contribution in [-0.4, -0.2) is 21.7 Å². The standard InChI is InChI=1S/C14H19F2N3O/c1-8-11(9-2-3-9)12(19(18-8)13(17)20)10-4-6-14(15,16)7-5-10/h9-10H,2-7H2,1H3,(H2,17,20). The predicted octanol–water partition coefficient (Wildman–Crippen LogP) is 3.29. The van der Waals surface area contributed by atoms with Gasteiger partial charge in [0.05, 0.1) is 11.4 Å². The largest absolute Gasteiger partial charge is 0.350 e. The predicted molar refractivity (Wildman–Crippen MR) is 70.1 cm³/mol. The number of primary amides is 1. The number of halogens is 2. The van der Waals surface area contributed by atoms with Crippen molar-refractivity contribution in [1.82, 2.24) is 9.78 Å². The molecule has 2 fully saturated rings. The summed E-state index contributed by atoms with van der Waals surface area (Å²) < 4.78 is 27.9. The molecular weight excluding hydrogens is 264 g/mol. The second-order valence-electron chi connectivity index (χ2n) is 6.04. The third-order valence-corrected chi connectivity index (χ3v) is 4.44. The minimum Gasteiger partial charge on any atom is -0.350 e. The molecule has 2 aliphatic carbocycles. The highest BCUT2D eigenvalue weighted by Gasteiger charge is 2.40. The van der Waals surface area contributed by atoms with E-state index in [9.17, 15) is 13.6 Å². The number of amides is 1. The Morgan fingerprint density at radius 1 is 1.25 bits per heavy atom. The van der Waals surface area contributed by atoms with Crippen LogP contribution in [0.1, 0.15) is 67.3 Å². The summed E-state index contributed by atoms with van der Waals surface area (Å²) in [5, 5.41) is 4.24. The molecule has 20 heavy (non-hydrogen) atoms. The molecule has 0 atom stereocenters. The number of aromatic nitrogens is 2. The smallest absolute Gasteiger partial charge is 0.339 e. The first kappa shape index (κ1) is 13.5. The Balaban J connectivity index is 1.97. The summed E-state index contributed by atoms with van der Waals surface area (Å²) in [6.07, 6.45) is 2.72. The lowest BCUT2D eigenvalue weighted by Crippen LogP contribution is -2.29. The summed E-state index contributed by atoms with van der Waals surface area (Å²) in [4.78, 5) is 11.6. The average Bonchev–Trinajstić information content (AvgIpc) is 3.13. The van der Waals surface area contributed by atoms with Crippen molar-refractivity contribution in [3.8, 4) is 0 Å². The molecular formula is C14H19F2N3O. The van der Waals surface area contributed by atoms with Crippen molar-refractivity contribution in [3.63, 3.8) is 0 Å². The fourth-order valence-electron chi connectivity index (χ4n) is 3.31. The van der Waals surface area contributed by atoms with Gasteiger partial charge in [-0.15, -0.1) is 0 Å². The molecule has 2 aliphatic rings. The minimum absolute atomic E-state index is 0.0288. The molecule has 0 saturated heterocycles. The molecule has 1 aromatic rings. The normalized spacial score (nSPS) is 22.9. The van der Waals surface area contributed by atoms with E-state index in [1.807, 2.05) is 6.92 Å². The first-order valence-corrected chi connectivity index (χ1v) is 7.16. The van der Waals surface area contributed by atoms with Gasteiger partial charge in [0.2, 0.25) is 5.92 Å². The lowest BCUT2D eigenvalue weighted by molar-refractivity contribution is -0.0386. The van der Waals surface area contributed by atoms with Gasteiger partial charge in [0.15, 0.2) is 0 Å². The number of hydrogen-bond donors (Lipinski definition) is 1. The maximum Gasteiger partial charge on any atom is 0.339 e. The Labute approximate surface area is 116 Å². The molecule has 1 aromatic heterocycles. The lowest BCUT2D eigenvalue weighted by atomic mass is 9.82. The van der Waals surface area contributed by atoms with E-state index in [1.54, 1.807) is 0 Å². The van der Waals surface area contributed by atoms with Gasteiger partial charge in [-0.2, -0.15) is 9.78 Å². The van der Waals surface area contributed by atoms with Crippen LogP contribution in [0.5, 0.6) is 0 Å². The maximum absolute atomic E-state index is 13.3. The zero-order chi connectivity index (χ0) is 14.5. The summed E-state index contributed by atoms with van der Waals surface area (Å²) in [6, 6.07) is -0.618. The van der Waals surface area contributed by atoms with Gasteiger partial charge in [-0.1, -0.05) is 0 Å². The molecule has 0 spiro atoms. The second-order valence-corrected chi connectivity index (χ2v) is 6.04. The molecule has 1 amide bonds. The molecule has 0 aliphatic heterocycles. The summed E-state index contributed by atoms with van der Waals surface area (Å²) >= 11 is 0. The molecule has 2 N–H and O–H groups in total. The molecule has 3 rings (SSSR count). The van der Waals surface area contributed by atoms with E-state index in [4.69, 9.17) is 5.73 Å². The second kappa shape index (κ2) is 4.53. The molecule has 0 unspecified atom stereocenters. The van der Waals surface area contributed by atoms with E-state index < -0.39 is 12.0 Å². The highest BCUT2D eigenvalue weighted by Crippen LogP contribution is 2.48. The van der Waals surface area contributed by atoms with E-state index in [1.165, 1.54) is 4.68 Å². The number of nitrogens with two attached hydrogens (primary N) is 1. The monoisotopic (exact) mass is 283 g/mol. The van der Waals surface area contributed by atoms with Gasteiger partial charge in [-0.3, -0.25) is 0 Å². The third-order valence-electron chi connectivity index (χ3n) is 4.44. The SMILES string of the molecule is Cc1nn(C(N)=O)c(C2CCC(F)(F)CC2)c1C1CC1. The maximum atomic E-state index is 13.3. The van der Waals surface area contributed by atoms with Gasteiger partial charge >= 0.3 is 6.03 Å². The van der Waals surface area contributed by atoms with Gasteiger partial charge in [-0.25, -0.2) is 13.6 Å². The Bertz CT molecular complexity index is 539. The van der Waals surface area contributed by atoms with Gasteiger partial charge in [0, 0.05) is 24.3 Å². The number of aryl methyl sites for hydroxylation is 1. The molecule has 4 nitrogen and oxygen atoms in total. The Hall–Kier alpha value is -1.46. The van der Waals surface area contributed by atoms with E-state index in [0.29, 0.717) is 18.8 Å². The highest BCUT2D eigenvalue weighted by molar-refractivity contribution is 5.75. The summed E-state index contributed by atoms with van der Waals surface area (Å²) in [7, 11) is 0. The number of nitrogens with zero attached hydrogens (tertiary/aromatic N) is 2. The average molecular weight is 283 g/mol. The summed E-state index contributed by atoms with van der Waals surface area (Å²) in [5.74, 6) is -2.16. The van der Waals surface area contributed by atoms with Crippen molar-refractivity contribution in [2.45, 2.75) is 63.2 Å². The van der Waals surface area contributed by atoms with Crippen LogP contribution in [0.15, 0.2) is 0 Å². The first-order valence-electron chi connectivity index (χ1n) is 7.16. The zero-order valence-electron chi connectivity index (χ0n) is 11.5. The molecule has 0 bridgehead atoms. The molecule has 0 aromatic carbocycles. The Morgan fingerprint density at radius 3 is 2.35 bits per heavy atom.